The summed E-state index contributed by atoms with van der Waals surface area (Å²) in [7, 11) is 0. The first-order valence-electron chi connectivity index (χ1n) is 5.75. The predicted octanol–water partition coefficient (Wildman–Crippen LogP) is 1.44. The van der Waals surface area contributed by atoms with Crippen LogP contribution in [0.25, 0.3) is 0 Å². The Morgan fingerprint density at radius 2 is 1.94 bits per heavy atom. The van der Waals surface area contributed by atoms with Crippen molar-refractivity contribution in [3.8, 4) is 0 Å². The first kappa shape index (κ1) is 13.5. The molecule has 0 fully saturated rings. The predicted molar refractivity (Wildman–Crippen MR) is 68.8 cm³/mol. The molecular weight excluding hydrogens is 216 g/mol. The highest BCUT2D eigenvalue weighted by molar-refractivity contribution is 5.80. The van der Waals surface area contributed by atoms with Crippen molar-refractivity contribution >= 4 is 11.6 Å². The number of hydrogen-bond acceptors (Lipinski definition) is 3. The third-order valence-corrected chi connectivity index (χ3v) is 2.65. The SMILES string of the molecule is CC(C)N(CC(N)=O)c1ccccc1[C@H](C)O. The number of carbonyl (C=O) groups excluding carboxylic acids is 1. The van der Waals surface area contributed by atoms with Crippen molar-refractivity contribution in [1.82, 2.24) is 0 Å². The summed E-state index contributed by atoms with van der Waals surface area (Å²) in [5, 5.41) is 9.73. The van der Waals surface area contributed by atoms with Crippen LogP contribution in [0.3, 0.4) is 0 Å². The molecule has 0 unspecified atom stereocenters. The topological polar surface area (TPSA) is 66.6 Å². The molecule has 17 heavy (non-hydrogen) atoms. The second-order valence-electron chi connectivity index (χ2n) is 4.42. The minimum Gasteiger partial charge on any atom is -0.389 e. The molecule has 0 aromatic heterocycles. The van der Waals surface area contributed by atoms with Crippen LogP contribution in [0.1, 0.15) is 32.4 Å². The fourth-order valence-corrected chi connectivity index (χ4v) is 1.82. The first-order valence-corrected chi connectivity index (χ1v) is 5.75. The van der Waals surface area contributed by atoms with Gasteiger partial charge < -0.3 is 15.7 Å². The van der Waals surface area contributed by atoms with E-state index >= 15 is 0 Å². The van der Waals surface area contributed by atoms with Gasteiger partial charge in [-0.15, -0.1) is 0 Å². The summed E-state index contributed by atoms with van der Waals surface area (Å²) < 4.78 is 0. The molecule has 1 aromatic carbocycles. The zero-order chi connectivity index (χ0) is 13.0. The maximum absolute atomic E-state index is 11.1. The molecule has 1 rings (SSSR count). The number of aliphatic hydroxyl groups excluding tert-OH is 1. The van der Waals surface area contributed by atoms with Crippen LogP contribution in [0.4, 0.5) is 5.69 Å². The molecule has 1 amide bonds. The van der Waals surface area contributed by atoms with E-state index in [1.807, 2.05) is 43.0 Å². The Morgan fingerprint density at radius 1 is 1.35 bits per heavy atom. The van der Waals surface area contributed by atoms with Crippen molar-refractivity contribution in [2.45, 2.75) is 32.9 Å². The van der Waals surface area contributed by atoms with Crippen molar-refractivity contribution in [2.24, 2.45) is 5.73 Å². The normalized spacial score (nSPS) is 12.5. The fraction of sp³-hybridized carbons (Fsp3) is 0.462. The number of rotatable bonds is 5. The number of hydrogen-bond donors (Lipinski definition) is 2. The Morgan fingerprint density at radius 3 is 2.41 bits per heavy atom. The third kappa shape index (κ3) is 3.46. The van der Waals surface area contributed by atoms with E-state index in [2.05, 4.69) is 0 Å². The average Bonchev–Trinajstić information content (AvgIpc) is 2.25. The summed E-state index contributed by atoms with van der Waals surface area (Å²) in [5.41, 5.74) is 6.92. The lowest BCUT2D eigenvalue weighted by molar-refractivity contribution is -0.116. The van der Waals surface area contributed by atoms with E-state index in [0.29, 0.717) is 0 Å². The molecule has 4 nitrogen and oxygen atoms in total. The molecule has 0 saturated heterocycles. The number of anilines is 1. The largest absolute Gasteiger partial charge is 0.389 e. The Bertz CT molecular complexity index is 389. The minimum atomic E-state index is -0.569. The zero-order valence-corrected chi connectivity index (χ0v) is 10.6. The van der Waals surface area contributed by atoms with Gasteiger partial charge in [0, 0.05) is 17.3 Å². The lowest BCUT2D eigenvalue weighted by Crippen LogP contribution is -2.39. The fourth-order valence-electron chi connectivity index (χ4n) is 1.82. The van der Waals surface area contributed by atoms with Crippen LogP contribution in [0.5, 0.6) is 0 Å². The second kappa shape index (κ2) is 5.68. The molecule has 3 N–H and O–H groups in total. The standard InChI is InChI=1S/C13H20N2O2/c1-9(2)15(8-13(14)17)12-7-5-4-6-11(12)10(3)16/h4-7,9-10,16H,8H2,1-3H3,(H2,14,17)/t10-/m0/s1. The molecule has 0 heterocycles. The number of benzene rings is 1. The van der Waals surface area contributed by atoms with Gasteiger partial charge >= 0.3 is 0 Å². The minimum absolute atomic E-state index is 0.141. The van der Waals surface area contributed by atoms with E-state index in [1.54, 1.807) is 6.92 Å². The first-order chi connectivity index (χ1) is 7.93. The van der Waals surface area contributed by atoms with Gasteiger partial charge in [-0.25, -0.2) is 0 Å². The van der Waals surface area contributed by atoms with Crippen molar-refractivity contribution < 1.29 is 9.90 Å². The monoisotopic (exact) mass is 236 g/mol. The quantitative estimate of drug-likeness (QED) is 0.813. The molecule has 0 saturated carbocycles. The van der Waals surface area contributed by atoms with E-state index in [4.69, 9.17) is 5.73 Å². The van der Waals surface area contributed by atoms with Gasteiger partial charge in [0.2, 0.25) is 5.91 Å². The number of amides is 1. The highest BCUT2D eigenvalue weighted by Crippen LogP contribution is 2.27. The lowest BCUT2D eigenvalue weighted by atomic mass is 10.1. The van der Waals surface area contributed by atoms with Crippen LogP contribution in [0.15, 0.2) is 24.3 Å². The van der Waals surface area contributed by atoms with Crippen LogP contribution in [-0.4, -0.2) is 23.6 Å². The van der Waals surface area contributed by atoms with Gasteiger partial charge in [0.1, 0.15) is 0 Å². The van der Waals surface area contributed by atoms with Gasteiger partial charge in [0.15, 0.2) is 0 Å². The van der Waals surface area contributed by atoms with Crippen LogP contribution in [0.2, 0.25) is 0 Å². The van der Waals surface area contributed by atoms with Crippen LogP contribution < -0.4 is 10.6 Å². The molecule has 0 bridgehead atoms. The highest BCUT2D eigenvalue weighted by Gasteiger charge is 2.17. The maximum Gasteiger partial charge on any atom is 0.236 e. The van der Waals surface area contributed by atoms with Crippen molar-refractivity contribution in [3.05, 3.63) is 29.8 Å². The van der Waals surface area contributed by atoms with E-state index in [-0.39, 0.29) is 18.5 Å². The smallest absolute Gasteiger partial charge is 0.236 e. The highest BCUT2D eigenvalue weighted by atomic mass is 16.3. The van der Waals surface area contributed by atoms with Crippen LogP contribution in [0, 0.1) is 0 Å². The molecule has 0 spiro atoms. The molecule has 94 valence electrons. The van der Waals surface area contributed by atoms with Gasteiger partial charge in [-0.2, -0.15) is 0 Å². The molecule has 1 atom stereocenters. The maximum atomic E-state index is 11.1. The number of nitrogens with two attached hydrogens (primary N) is 1. The van der Waals surface area contributed by atoms with Gasteiger partial charge in [-0.3, -0.25) is 4.79 Å². The lowest BCUT2D eigenvalue weighted by Gasteiger charge is -2.30. The van der Waals surface area contributed by atoms with Gasteiger partial charge in [0.05, 0.1) is 12.6 Å². The van der Waals surface area contributed by atoms with E-state index in [9.17, 15) is 9.90 Å². The Labute approximate surface area is 102 Å². The average molecular weight is 236 g/mol. The number of para-hydroxylation sites is 1. The third-order valence-electron chi connectivity index (χ3n) is 2.65. The molecule has 0 aliphatic carbocycles. The van der Waals surface area contributed by atoms with Crippen LogP contribution >= 0.6 is 0 Å². The number of aliphatic hydroxyl groups is 1. The summed E-state index contributed by atoms with van der Waals surface area (Å²) in [6.45, 7) is 5.84. The Kier molecular flexibility index (Phi) is 4.52. The van der Waals surface area contributed by atoms with Gasteiger partial charge in [-0.05, 0) is 26.8 Å². The Balaban J connectivity index is 3.13. The summed E-state index contributed by atoms with van der Waals surface area (Å²) in [4.78, 5) is 13.0. The summed E-state index contributed by atoms with van der Waals surface area (Å²) in [6.07, 6.45) is -0.569. The van der Waals surface area contributed by atoms with E-state index in [0.717, 1.165) is 11.3 Å². The van der Waals surface area contributed by atoms with Gasteiger partial charge in [0.25, 0.3) is 0 Å². The number of primary amides is 1. The van der Waals surface area contributed by atoms with Gasteiger partial charge in [-0.1, -0.05) is 18.2 Å². The molecule has 4 heteroatoms. The molecule has 1 aromatic rings. The van der Waals surface area contributed by atoms with Crippen molar-refractivity contribution in [1.29, 1.82) is 0 Å². The summed E-state index contributed by atoms with van der Waals surface area (Å²) in [5.74, 6) is -0.376. The van der Waals surface area contributed by atoms with Crippen LogP contribution in [-0.2, 0) is 4.79 Å². The molecule has 0 aliphatic heterocycles. The molecule has 0 radical (unpaired) electrons. The van der Waals surface area contributed by atoms with E-state index in [1.165, 1.54) is 0 Å². The van der Waals surface area contributed by atoms with Crippen molar-refractivity contribution in [2.75, 3.05) is 11.4 Å². The zero-order valence-electron chi connectivity index (χ0n) is 10.6. The Hall–Kier alpha value is -1.55. The van der Waals surface area contributed by atoms with E-state index < -0.39 is 6.10 Å². The number of nitrogens with zero attached hydrogens (tertiary/aromatic N) is 1. The number of carbonyl (C=O) groups is 1. The summed E-state index contributed by atoms with van der Waals surface area (Å²) in [6, 6.07) is 7.65. The summed E-state index contributed by atoms with van der Waals surface area (Å²) >= 11 is 0. The second-order valence-corrected chi connectivity index (χ2v) is 4.42. The molecular formula is C13H20N2O2. The van der Waals surface area contributed by atoms with Crippen molar-refractivity contribution in [3.63, 3.8) is 0 Å². The molecule has 0 aliphatic rings.